The number of ether oxygens (including phenoxy) is 2. The molecule has 3 rings (SSSR count). The molecule has 0 saturated carbocycles. The minimum absolute atomic E-state index is 0.133. The van der Waals surface area contributed by atoms with E-state index in [1.807, 2.05) is 60.7 Å². The lowest BCUT2D eigenvalue weighted by Gasteiger charge is -2.44. The first kappa shape index (κ1) is 26.3. The van der Waals surface area contributed by atoms with E-state index in [2.05, 4.69) is 25.0 Å². The normalized spacial score (nSPS) is 20.9. The number of halogens is 2. The third-order valence-electron chi connectivity index (χ3n) is 6.22. The number of hydrogen-bond donors (Lipinski definition) is 1. The summed E-state index contributed by atoms with van der Waals surface area (Å²) >= 11 is 0. The summed E-state index contributed by atoms with van der Waals surface area (Å²) in [5, 5.41) is 3.05. The second-order valence-electron chi connectivity index (χ2n) is 10.1. The smallest absolute Gasteiger partial charge is 0.333 e. The molecule has 0 bridgehead atoms. The Hall–Kier alpha value is -2.35. The van der Waals surface area contributed by atoms with E-state index in [-0.39, 0.29) is 19.6 Å². The molecular weight excluding hydrogens is 452 g/mol. The molecule has 0 aromatic heterocycles. The molecule has 0 fully saturated rings. The van der Waals surface area contributed by atoms with Crippen LogP contribution in [0.5, 0.6) is 0 Å². The van der Waals surface area contributed by atoms with Crippen molar-refractivity contribution in [2.45, 2.75) is 56.0 Å². The van der Waals surface area contributed by atoms with E-state index in [1.54, 1.807) is 6.08 Å². The average Bonchev–Trinajstić information content (AvgIpc) is 2.80. The van der Waals surface area contributed by atoms with Gasteiger partial charge in [0.2, 0.25) is 0 Å². The lowest BCUT2D eigenvalue weighted by molar-refractivity contribution is -0.174. The number of methoxy groups -OCH3 is 1. The third kappa shape index (κ3) is 6.20. The number of benzene rings is 2. The summed E-state index contributed by atoms with van der Waals surface area (Å²) in [6.45, 7) is 6.74. The zero-order valence-electron chi connectivity index (χ0n) is 20.4. The zero-order valence-corrected chi connectivity index (χ0v) is 21.4. The molecule has 0 radical (unpaired) electrons. The molecule has 2 aromatic rings. The van der Waals surface area contributed by atoms with Gasteiger partial charge >= 0.3 is 5.97 Å². The maximum absolute atomic E-state index is 15.8. The van der Waals surface area contributed by atoms with Crippen LogP contribution < -0.4 is 5.32 Å². The van der Waals surface area contributed by atoms with E-state index in [0.29, 0.717) is 11.6 Å². The van der Waals surface area contributed by atoms with E-state index in [1.165, 1.54) is 7.11 Å². The Bertz CT molecular complexity index is 976. The van der Waals surface area contributed by atoms with Crippen LogP contribution in [0, 0.1) is 0 Å². The van der Waals surface area contributed by atoms with Crippen LogP contribution in [-0.2, 0) is 14.3 Å². The molecule has 4 nitrogen and oxygen atoms in total. The van der Waals surface area contributed by atoms with E-state index in [4.69, 9.17) is 9.47 Å². The van der Waals surface area contributed by atoms with Gasteiger partial charge in [0.1, 0.15) is 0 Å². The number of allylic oxidation sites excluding steroid dienone is 1. The first-order valence-electron chi connectivity index (χ1n) is 11.7. The van der Waals surface area contributed by atoms with Crippen LogP contribution in [0.4, 0.5) is 8.78 Å². The fourth-order valence-electron chi connectivity index (χ4n) is 4.17. The van der Waals surface area contributed by atoms with Gasteiger partial charge in [-0.2, -0.15) is 0 Å². The Morgan fingerprint density at radius 2 is 1.68 bits per heavy atom. The van der Waals surface area contributed by atoms with Gasteiger partial charge in [0, 0.05) is 28.0 Å². The van der Waals surface area contributed by atoms with Gasteiger partial charge in [0.05, 0.1) is 19.3 Å². The van der Waals surface area contributed by atoms with E-state index < -0.39 is 38.0 Å². The summed E-state index contributed by atoms with van der Waals surface area (Å²) in [6.07, 6.45) is 0.809. The summed E-state index contributed by atoms with van der Waals surface area (Å²) in [4.78, 5) is 13.6. The number of rotatable bonds is 10. The van der Waals surface area contributed by atoms with Gasteiger partial charge < -0.3 is 9.47 Å². The quantitative estimate of drug-likeness (QED) is 0.325. The van der Waals surface area contributed by atoms with Gasteiger partial charge in [0.15, 0.2) is 5.54 Å². The van der Waals surface area contributed by atoms with Gasteiger partial charge in [-0.3, -0.25) is 5.32 Å². The van der Waals surface area contributed by atoms with Crippen LogP contribution in [0.25, 0.3) is 5.57 Å². The Labute approximate surface area is 202 Å². The highest BCUT2D eigenvalue weighted by Gasteiger charge is 2.62. The number of carbonyl (C=O) groups excluding carboxylic acids is 1. The van der Waals surface area contributed by atoms with Crippen LogP contribution in [0.1, 0.15) is 30.0 Å². The lowest BCUT2D eigenvalue weighted by Crippen LogP contribution is -2.66. The highest BCUT2D eigenvalue weighted by Crippen LogP contribution is 2.46. The Morgan fingerprint density at radius 3 is 2.26 bits per heavy atom. The van der Waals surface area contributed by atoms with Gasteiger partial charge in [-0.15, -0.1) is 0 Å². The molecule has 1 N–H and O–H groups in total. The maximum atomic E-state index is 15.8. The third-order valence-corrected chi connectivity index (χ3v) is 7.92. The number of carbonyl (C=O) groups is 1. The van der Waals surface area contributed by atoms with Crippen molar-refractivity contribution in [1.82, 2.24) is 5.32 Å². The van der Waals surface area contributed by atoms with Gasteiger partial charge in [-0.1, -0.05) is 86.4 Å². The number of nitrogens with one attached hydrogen (secondary N) is 1. The molecule has 0 saturated heterocycles. The molecule has 1 aliphatic carbocycles. The van der Waals surface area contributed by atoms with Crippen molar-refractivity contribution in [2.24, 2.45) is 0 Å². The molecule has 184 valence electrons. The van der Waals surface area contributed by atoms with Crippen molar-refractivity contribution in [3.8, 4) is 0 Å². The van der Waals surface area contributed by atoms with Gasteiger partial charge in [-0.05, 0) is 22.7 Å². The van der Waals surface area contributed by atoms with Crippen molar-refractivity contribution < 1.29 is 23.0 Å². The van der Waals surface area contributed by atoms with Crippen molar-refractivity contribution in [2.75, 3.05) is 20.3 Å². The van der Waals surface area contributed by atoms with Crippen molar-refractivity contribution in [3.05, 3.63) is 77.9 Å². The number of hydrogen-bond acceptors (Lipinski definition) is 4. The molecule has 34 heavy (non-hydrogen) atoms. The summed E-state index contributed by atoms with van der Waals surface area (Å²) in [5.74, 6) is -4.25. The molecule has 1 aliphatic rings. The number of esters is 1. The fraction of sp³-hybridized carbons (Fsp3) is 0.444. The SMILES string of the molecule is COC[C@H](N[C@]1(C(=O)OCC[Si](C)(C)C)CC(c2ccccc2)=CCC1(F)F)c1ccccc1. The van der Waals surface area contributed by atoms with E-state index in [9.17, 15) is 4.79 Å². The van der Waals surface area contributed by atoms with Crippen molar-refractivity contribution >= 4 is 19.6 Å². The highest BCUT2D eigenvalue weighted by atomic mass is 28.3. The minimum atomic E-state index is -3.34. The predicted molar refractivity (Wildman–Crippen MR) is 135 cm³/mol. The van der Waals surface area contributed by atoms with Crippen LogP contribution in [-0.4, -0.2) is 45.8 Å². The molecule has 0 heterocycles. The minimum Gasteiger partial charge on any atom is -0.464 e. The van der Waals surface area contributed by atoms with E-state index >= 15 is 8.78 Å². The Kier molecular flexibility index (Phi) is 8.44. The van der Waals surface area contributed by atoms with Crippen LogP contribution in [0.2, 0.25) is 25.7 Å². The van der Waals surface area contributed by atoms with Crippen LogP contribution in [0.15, 0.2) is 66.7 Å². The lowest BCUT2D eigenvalue weighted by atomic mass is 9.75. The van der Waals surface area contributed by atoms with Crippen molar-refractivity contribution in [1.29, 1.82) is 0 Å². The van der Waals surface area contributed by atoms with Gasteiger partial charge in [-0.25, -0.2) is 13.6 Å². The van der Waals surface area contributed by atoms with E-state index in [0.717, 1.165) is 11.1 Å². The zero-order chi connectivity index (χ0) is 24.8. The first-order valence-corrected chi connectivity index (χ1v) is 15.4. The maximum Gasteiger partial charge on any atom is 0.333 e. The average molecular weight is 488 g/mol. The number of alkyl halides is 2. The molecule has 0 spiro atoms. The van der Waals surface area contributed by atoms with Crippen LogP contribution in [0.3, 0.4) is 0 Å². The molecule has 0 aliphatic heterocycles. The Morgan fingerprint density at radius 1 is 1.06 bits per heavy atom. The molecule has 2 atom stereocenters. The molecular formula is C27H35F2NO3Si. The Balaban J connectivity index is 2.01. The highest BCUT2D eigenvalue weighted by molar-refractivity contribution is 6.76. The van der Waals surface area contributed by atoms with Crippen LogP contribution >= 0.6 is 0 Å². The topological polar surface area (TPSA) is 47.6 Å². The summed E-state index contributed by atoms with van der Waals surface area (Å²) in [5.41, 5.74) is 0.0727. The monoisotopic (exact) mass is 487 g/mol. The summed E-state index contributed by atoms with van der Waals surface area (Å²) in [7, 11) is 0.00519. The molecule has 7 heteroatoms. The predicted octanol–water partition coefficient (Wildman–Crippen LogP) is 6.10. The second kappa shape index (κ2) is 10.9. The summed E-state index contributed by atoms with van der Waals surface area (Å²) < 4.78 is 42.5. The second-order valence-corrected chi connectivity index (χ2v) is 15.7. The molecule has 2 aromatic carbocycles. The fourth-order valence-corrected chi connectivity index (χ4v) is 4.88. The van der Waals surface area contributed by atoms with Gasteiger partial charge in [0.25, 0.3) is 5.92 Å². The first-order chi connectivity index (χ1) is 16.1. The largest absolute Gasteiger partial charge is 0.464 e. The molecule has 0 unspecified atom stereocenters. The standard InChI is InChI=1S/C27H35F2NO3Si/c1-32-20-24(22-13-9-6-10-14-22)30-26(25(31)33-17-18-34(2,3)4)19-23(15-16-27(26,28)29)21-11-7-5-8-12-21/h5-15,24,30H,16-20H2,1-4H3/t24-,26-/m0/s1. The molecule has 0 amide bonds. The summed E-state index contributed by atoms with van der Waals surface area (Å²) in [6, 6.07) is 18.7. The van der Waals surface area contributed by atoms with Crippen molar-refractivity contribution in [3.63, 3.8) is 0 Å².